The van der Waals surface area contributed by atoms with Crippen molar-refractivity contribution in [3.8, 4) is 0 Å². The van der Waals surface area contributed by atoms with Crippen LogP contribution in [0.25, 0.3) is 0 Å². The maximum absolute atomic E-state index is 2.36. The van der Waals surface area contributed by atoms with Crippen molar-refractivity contribution in [2.75, 3.05) is 38.0 Å². The third kappa shape index (κ3) is 2.98. The zero-order valence-corrected chi connectivity index (χ0v) is 13.2. The van der Waals surface area contributed by atoms with Crippen LogP contribution in [0.1, 0.15) is 50.7 Å². The number of benzene rings is 1. The average Bonchev–Trinajstić information content (AvgIpc) is 2.26. The molecule has 0 radical (unpaired) electrons. The molecular weight excluding hydrogens is 220 g/mol. The van der Waals surface area contributed by atoms with E-state index in [-0.39, 0.29) is 0 Å². The number of hydrogen-bond donors (Lipinski definition) is 0. The van der Waals surface area contributed by atoms with Crippen LogP contribution in [0.15, 0.2) is 12.1 Å². The quantitative estimate of drug-likeness (QED) is 0.792. The van der Waals surface area contributed by atoms with Crippen LogP contribution >= 0.6 is 0 Å². The largest absolute Gasteiger partial charge is 0.376 e. The third-order valence-electron chi connectivity index (χ3n) is 3.39. The highest BCUT2D eigenvalue weighted by atomic mass is 15.1. The third-order valence-corrected chi connectivity index (χ3v) is 3.39. The Morgan fingerprint density at radius 3 is 1.11 bits per heavy atom. The lowest BCUT2D eigenvalue weighted by Crippen LogP contribution is -2.18. The first-order chi connectivity index (χ1) is 8.25. The standard InChI is InChI=1S/C16H28N2/c1-11(2)13-9-15(17(5)6)16(18(7)8)10-14(13)12(3)4/h9-12H,1-8H3. The molecule has 0 spiro atoms. The van der Waals surface area contributed by atoms with Crippen LogP contribution < -0.4 is 9.80 Å². The van der Waals surface area contributed by atoms with Gasteiger partial charge in [0, 0.05) is 28.2 Å². The summed E-state index contributed by atoms with van der Waals surface area (Å²) in [4.78, 5) is 4.40. The SMILES string of the molecule is CC(C)c1cc(N(C)C)c(N(C)C)cc1C(C)C. The summed E-state index contributed by atoms with van der Waals surface area (Å²) in [6, 6.07) is 4.71. The fourth-order valence-corrected chi connectivity index (χ4v) is 2.33. The number of hydrogen-bond acceptors (Lipinski definition) is 2. The van der Waals surface area contributed by atoms with Crippen molar-refractivity contribution in [1.29, 1.82) is 0 Å². The molecule has 0 amide bonds. The summed E-state index contributed by atoms with van der Waals surface area (Å²) >= 11 is 0. The molecule has 18 heavy (non-hydrogen) atoms. The predicted molar refractivity (Wildman–Crippen MR) is 83.3 cm³/mol. The highest BCUT2D eigenvalue weighted by Gasteiger charge is 2.16. The van der Waals surface area contributed by atoms with Gasteiger partial charge in [0.05, 0.1) is 11.4 Å². The Bertz CT molecular complexity index is 330. The molecule has 0 fully saturated rings. The average molecular weight is 248 g/mol. The molecular formula is C16H28N2. The summed E-state index contributed by atoms with van der Waals surface area (Å²) in [5.41, 5.74) is 5.54. The minimum absolute atomic E-state index is 0.567. The van der Waals surface area contributed by atoms with E-state index in [0.717, 1.165) is 0 Å². The summed E-state index contributed by atoms with van der Waals surface area (Å²) in [7, 11) is 8.45. The smallest absolute Gasteiger partial charge is 0.0601 e. The van der Waals surface area contributed by atoms with Crippen LogP contribution in [-0.4, -0.2) is 28.2 Å². The molecule has 1 rings (SSSR count). The van der Waals surface area contributed by atoms with Gasteiger partial charge in [0.25, 0.3) is 0 Å². The van der Waals surface area contributed by atoms with Crippen molar-refractivity contribution >= 4 is 11.4 Å². The van der Waals surface area contributed by atoms with E-state index >= 15 is 0 Å². The van der Waals surface area contributed by atoms with E-state index in [1.165, 1.54) is 22.5 Å². The van der Waals surface area contributed by atoms with E-state index in [0.29, 0.717) is 11.8 Å². The molecule has 1 aromatic carbocycles. The Morgan fingerprint density at radius 1 is 0.667 bits per heavy atom. The van der Waals surface area contributed by atoms with Gasteiger partial charge in [-0.3, -0.25) is 0 Å². The Labute approximate surface area is 113 Å². The maximum atomic E-state index is 2.36. The summed E-state index contributed by atoms with van der Waals surface area (Å²) in [5.74, 6) is 1.13. The van der Waals surface area contributed by atoms with Gasteiger partial charge >= 0.3 is 0 Å². The van der Waals surface area contributed by atoms with Crippen molar-refractivity contribution in [2.45, 2.75) is 39.5 Å². The van der Waals surface area contributed by atoms with E-state index in [1.807, 2.05) is 0 Å². The Balaban J connectivity index is 3.50. The Morgan fingerprint density at radius 2 is 0.944 bits per heavy atom. The normalized spacial score (nSPS) is 11.2. The number of rotatable bonds is 4. The first-order valence-electron chi connectivity index (χ1n) is 6.78. The van der Waals surface area contributed by atoms with Crippen molar-refractivity contribution in [1.82, 2.24) is 0 Å². The molecule has 0 saturated heterocycles. The molecule has 0 atom stereocenters. The van der Waals surface area contributed by atoms with Gasteiger partial charge in [-0.1, -0.05) is 27.7 Å². The second kappa shape index (κ2) is 5.64. The highest BCUT2D eigenvalue weighted by molar-refractivity contribution is 5.73. The van der Waals surface area contributed by atoms with E-state index in [1.54, 1.807) is 0 Å². The van der Waals surface area contributed by atoms with E-state index in [2.05, 4.69) is 77.8 Å². The van der Waals surface area contributed by atoms with Gasteiger partial charge in [-0.15, -0.1) is 0 Å². The molecule has 0 bridgehead atoms. The number of anilines is 2. The molecule has 0 aliphatic carbocycles. The first kappa shape index (κ1) is 14.9. The van der Waals surface area contributed by atoms with Crippen LogP contribution in [0.5, 0.6) is 0 Å². The molecule has 0 saturated carbocycles. The second-order valence-corrected chi connectivity index (χ2v) is 6.07. The molecule has 0 heterocycles. The fraction of sp³-hybridized carbons (Fsp3) is 0.625. The lowest BCUT2D eigenvalue weighted by atomic mass is 9.89. The van der Waals surface area contributed by atoms with Crippen LogP contribution in [0.4, 0.5) is 11.4 Å². The molecule has 0 aliphatic rings. The summed E-state index contributed by atoms with van der Waals surface area (Å²) in [6.45, 7) is 9.10. The molecule has 102 valence electrons. The van der Waals surface area contributed by atoms with Crippen LogP contribution in [0, 0.1) is 0 Å². The minimum atomic E-state index is 0.567. The molecule has 2 heteroatoms. The van der Waals surface area contributed by atoms with Gasteiger partial charge in [0.2, 0.25) is 0 Å². The minimum Gasteiger partial charge on any atom is -0.376 e. The molecule has 0 unspecified atom stereocenters. The summed E-state index contributed by atoms with van der Waals surface area (Å²) in [5, 5.41) is 0. The predicted octanol–water partition coefficient (Wildman–Crippen LogP) is 4.07. The zero-order chi connectivity index (χ0) is 14.0. The van der Waals surface area contributed by atoms with Crippen molar-refractivity contribution in [2.24, 2.45) is 0 Å². The Hall–Kier alpha value is -1.18. The molecule has 2 nitrogen and oxygen atoms in total. The van der Waals surface area contributed by atoms with Crippen LogP contribution in [-0.2, 0) is 0 Å². The van der Waals surface area contributed by atoms with E-state index < -0.39 is 0 Å². The highest BCUT2D eigenvalue weighted by Crippen LogP contribution is 2.36. The molecule has 0 N–H and O–H groups in total. The van der Waals surface area contributed by atoms with Gasteiger partial charge in [0.15, 0.2) is 0 Å². The van der Waals surface area contributed by atoms with Crippen molar-refractivity contribution < 1.29 is 0 Å². The first-order valence-corrected chi connectivity index (χ1v) is 6.78. The molecule has 0 aromatic heterocycles. The summed E-state index contributed by atoms with van der Waals surface area (Å²) in [6.07, 6.45) is 0. The van der Waals surface area contributed by atoms with Crippen LogP contribution in [0.2, 0.25) is 0 Å². The van der Waals surface area contributed by atoms with Gasteiger partial charge in [-0.25, -0.2) is 0 Å². The van der Waals surface area contributed by atoms with Crippen LogP contribution in [0.3, 0.4) is 0 Å². The molecule has 0 aliphatic heterocycles. The van der Waals surface area contributed by atoms with Gasteiger partial charge in [-0.05, 0) is 35.1 Å². The van der Waals surface area contributed by atoms with Gasteiger partial charge < -0.3 is 9.80 Å². The number of nitrogens with zero attached hydrogens (tertiary/aromatic N) is 2. The van der Waals surface area contributed by atoms with Crippen molar-refractivity contribution in [3.63, 3.8) is 0 Å². The lowest BCUT2D eigenvalue weighted by molar-refractivity contribution is 0.788. The van der Waals surface area contributed by atoms with Gasteiger partial charge in [0.1, 0.15) is 0 Å². The topological polar surface area (TPSA) is 6.48 Å². The van der Waals surface area contributed by atoms with E-state index in [4.69, 9.17) is 0 Å². The fourth-order valence-electron chi connectivity index (χ4n) is 2.33. The monoisotopic (exact) mass is 248 g/mol. The maximum Gasteiger partial charge on any atom is 0.0601 e. The second-order valence-electron chi connectivity index (χ2n) is 6.07. The van der Waals surface area contributed by atoms with Gasteiger partial charge in [-0.2, -0.15) is 0 Å². The summed E-state index contributed by atoms with van der Waals surface area (Å²) < 4.78 is 0. The van der Waals surface area contributed by atoms with E-state index in [9.17, 15) is 0 Å². The Kier molecular flexibility index (Phi) is 4.66. The lowest BCUT2D eigenvalue weighted by Gasteiger charge is -2.27. The zero-order valence-electron chi connectivity index (χ0n) is 13.2. The molecule has 1 aromatic rings. The van der Waals surface area contributed by atoms with Crippen molar-refractivity contribution in [3.05, 3.63) is 23.3 Å².